The van der Waals surface area contributed by atoms with Gasteiger partial charge >= 0.3 is 6.18 Å². The van der Waals surface area contributed by atoms with Gasteiger partial charge in [0.1, 0.15) is 12.1 Å². The number of carbonyl (C=O) groups excluding carboxylic acids is 1. The molecule has 0 N–H and O–H groups in total. The van der Waals surface area contributed by atoms with Gasteiger partial charge in [-0.1, -0.05) is 23.7 Å². The fourth-order valence-electron chi connectivity index (χ4n) is 2.60. The van der Waals surface area contributed by atoms with E-state index in [4.69, 9.17) is 21.3 Å². The minimum absolute atomic E-state index is 0.204. The minimum atomic E-state index is -4.57. The summed E-state index contributed by atoms with van der Waals surface area (Å²) in [5.41, 5.74) is 1.19. The second-order valence-corrected chi connectivity index (χ2v) is 6.31. The number of carbonyl (C=O) groups is 1. The van der Waals surface area contributed by atoms with Crippen molar-refractivity contribution in [3.05, 3.63) is 70.4 Å². The van der Waals surface area contributed by atoms with E-state index in [9.17, 15) is 18.0 Å². The molecule has 8 heteroatoms. The maximum atomic E-state index is 13.0. The van der Waals surface area contributed by atoms with E-state index in [1.54, 1.807) is 18.2 Å². The zero-order valence-electron chi connectivity index (χ0n) is 13.8. The van der Waals surface area contributed by atoms with Crippen molar-refractivity contribution in [2.75, 3.05) is 6.54 Å². The number of amides is 1. The van der Waals surface area contributed by atoms with Crippen LogP contribution in [-0.4, -0.2) is 23.5 Å². The first-order valence-electron chi connectivity index (χ1n) is 7.79. The first kappa shape index (κ1) is 18.8. The number of fused-ring (bicyclic) bond motifs is 1. The highest BCUT2D eigenvalue weighted by molar-refractivity contribution is 6.31. The highest BCUT2D eigenvalue weighted by Crippen LogP contribution is 2.26. The predicted molar refractivity (Wildman–Crippen MR) is 93.2 cm³/mol. The molecule has 27 heavy (non-hydrogen) atoms. The summed E-state index contributed by atoms with van der Waals surface area (Å²) in [6.45, 7) is -1.70. The molecule has 0 unspecified atom stereocenters. The Morgan fingerprint density at radius 2 is 1.85 bits per heavy atom. The Balaban J connectivity index is 1.90. The van der Waals surface area contributed by atoms with Gasteiger partial charge in [-0.05, 0) is 42.0 Å². The van der Waals surface area contributed by atoms with Crippen LogP contribution in [0.25, 0.3) is 11.0 Å². The van der Waals surface area contributed by atoms with Gasteiger partial charge in [-0.3, -0.25) is 4.79 Å². The summed E-state index contributed by atoms with van der Waals surface area (Å²) in [5, 5.41) is 9.75. The van der Waals surface area contributed by atoms with Crippen LogP contribution in [0.5, 0.6) is 0 Å². The van der Waals surface area contributed by atoms with Crippen molar-refractivity contribution < 1.29 is 22.4 Å². The summed E-state index contributed by atoms with van der Waals surface area (Å²) in [4.78, 5) is 13.3. The Morgan fingerprint density at radius 1 is 1.15 bits per heavy atom. The fourth-order valence-corrected chi connectivity index (χ4v) is 2.78. The number of halogens is 4. The lowest BCUT2D eigenvalue weighted by Gasteiger charge is -2.23. The second kappa shape index (κ2) is 7.33. The molecule has 1 amide bonds. The Bertz CT molecular complexity index is 1020. The highest BCUT2D eigenvalue weighted by atomic mass is 35.5. The maximum absolute atomic E-state index is 13.0. The molecule has 0 aliphatic rings. The molecule has 4 nitrogen and oxygen atoms in total. The van der Waals surface area contributed by atoms with Crippen molar-refractivity contribution in [3.63, 3.8) is 0 Å². The van der Waals surface area contributed by atoms with Gasteiger partial charge in [-0.15, -0.1) is 0 Å². The van der Waals surface area contributed by atoms with Crippen LogP contribution in [0.15, 0.2) is 52.9 Å². The van der Waals surface area contributed by atoms with Gasteiger partial charge in [0, 0.05) is 17.0 Å². The van der Waals surface area contributed by atoms with Crippen LogP contribution in [0.2, 0.25) is 5.02 Å². The van der Waals surface area contributed by atoms with E-state index < -0.39 is 18.6 Å². The van der Waals surface area contributed by atoms with E-state index in [1.807, 2.05) is 6.07 Å². The Hall–Kier alpha value is -2.98. The minimum Gasteiger partial charge on any atom is -0.451 e. The van der Waals surface area contributed by atoms with E-state index in [1.165, 1.54) is 30.3 Å². The molecule has 0 bridgehead atoms. The van der Waals surface area contributed by atoms with Crippen molar-refractivity contribution in [1.82, 2.24) is 4.90 Å². The lowest BCUT2D eigenvalue weighted by atomic mass is 10.1. The van der Waals surface area contributed by atoms with Gasteiger partial charge in [0.15, 0.2) is 5.76 Å². The first-order valence-corrected chi connectivity index (χ1v) is 8.17. The number of benzene rings is 2. The SMILES string of the molecule is N#Cc1ccc(CN(CC(F)(F)F)C(=O)c2cc3cc(Cl)ccc3o2)cc1. The second-order valence-electron chi connectivity index (χ2n) is 5.88. The maximum Gasteiger partial charge on any atom is 0.406 e. The average Bonchev–Trinajstić information content (AvgIpc) is 3.03. The smallest absolute Gasteiger partial charge is 0.406 e. The summed E-state index contributed by atoms with van der Waals surface area (Å²) in [7, 11) is 0. The standard InChI is InChI=1S/C19H12ClF3N2O2/c20-15-5-6-16-14(7-15)8-17(27-16)18(26)25(11-19(21,22)23)10-13-3-1-12(9-24)2-4-13/h1-8H,10-11H2. The van der Waals surface area contributed by atoms with Gasteiger partial charge in [0.05, 0.1) is 11.6 Å². The van der Waals surface area contributed by atoms with Gasteiger partial charge in [0.25, 0.3) is 5.91 Å². The first-order chi connectivity index (χ1) is 12.7. The fraction of sp³-hybridized carbons (Fsp3) is 0.158. The molecule has 2 aromatic carbocycles. The van der Waals surface area contributed by atoms with Crippen molar-refractivity contribution in [2.45, 2.75) is 12.7 Å². The van der Waals surface area contributed by atoms with Gasteiger partial charge in [-0.2, -0.15) is 18.4 Å². The molecule has 138 valence electrons. The van der Waals surface area contributed by atoms with E-state index in [0.717, 1.165) is 0 Å². The van der Waals surface area contributed by atoms with Crippen LogP contribution in [0.4, 0.5) is 13.2 Å². The molecule has 0 saturated carbocycles. The number of hydrogen-bond acceptors (Lipinski definition) is 3. The van der Waals surface area contributed by atoms with E-state index in [-0.39, 0.29) is 12.3 Å². The van der Waals surface area contributed by atoms with Crippen LogP contribution in [0.3, 0.4) is 0 Å². The van der Waals surface area contributed by atoms with Crippen LogP contribution in [0.1, 0.15) is 21.7 Å². The number of nitriles is 1. The molecule has 0 aliphatic carbocycles. The van der Waals surface area contributed by atoms with Crippen molar-refractivity contribution in [1.29, 1.82) is 5.26 Å². The van der Waals surface area contributed by atoms with Crippen LogP contribution in [0, 0.1) is 11.3 Å². The quantitative estimate of drug-likeness (QED) is 0.616. The number of furan rings is 1. The Labute approximate surface area is 157 Å². The molecular weight excluding hydrogens is 381 g/mol. The van der Waals surface area contributed by atoms with Gasteiger partial charge in [-0.25, -0.2) is 0 Å². The van der Waals surface area contributed by atoms with Crippen LogP contribution in [-0.2, 0) is 6.54 Å². The zero-order valence-corrected chi connectivity index (χ0v) is 14.5. The molecule has 0 saturated heterocycles. The van der Waals surface area contributed by atoms with Crippen molar-refractivity contribution in [2.24, 2.45) is 0 Å². The number of nitrogens with zero attached hydrogens (tertiary/aromatic N) is 2. The molecular formula is C19H12ClF3N2O2. The molecule has 0 fully saturated rings. The third-order valence-corrected chi connectivity index (χ3v) is 4.04. The third kappa shape index (κ3) is 4.60. The van der Waals surface area contributed by atoms with Gasteiger partial charge in [0.2, 0.25) is 0 Å². The molecule has 0 atom stereocenters. The average molecular weight is 393 g/mol. The number of alkyl halides is 3. The topological polar surface area (TPSA) is 57.2 Å². The Kier molecular flexibility index (Phi) is 5.10. The largest absolute Gasteiger partial charge is 0.451 e. The monoisotopic (exact) mass is 392 g/mol. The lowest BCUT2D eigenvalue weighted by molar-refractivity contribution is -0.141. The van der Waals surface area contributed by atoms with Crippen molar-refractivity contribution >= 4 is 28.5 Å². The van der Waals surface area contributed by atoms with E-state index >= 15 is 0 Å². The van der Waals surface area contributed by atoms with E-state index in [0.29, 0.717) is 32.0 Å². The van der Waals surface area contributed by atoms with E-state index in [2.05, 4.69) is 0 Å². The molecule has 1 heterocycles. The summed E-state index contributed by atoms with van der Waals surface area (Å²) in [6.07, 6.45) is -4.57. The van der Waals surface area contributed by atoms with Gasteiger partial charge < -0.3 is 9.32 Å². The summed E-state index contributed by atoms with van der Waals surface area (Å²) in [6, 6.07) is 13.9. The summed E-state index contributed by atoms with van der Waals surface area (Å²) >= 11 is 5.88. The summed E-state index contributed by atoms with van der Waals surface area (Å²) in [5.74, 6) is -1.09. The molecule has 3 rings (SSSR count). The Morgan fingerprint density at radius 3 is 2.48 bits per heavy atom. The molecule has 1 aromatic heterocycles. The van der Waals surface area contributed by atoms with Crippen LogP contribution < -0.4 is 0 Å². The predicted octanol–water partition coefficient (Wildman–Crippen LogP) is 5.16. The number of rotatable bonds is 4. The van der Waals surface area contributed by atoms with Crippen LogP contribution >= 0.6 is 11.6 Å². The zero-order chi connectivity index (χ0) is 19.6. The third-order valence-electron chi connectivity index (χ3n) is 3.80. The molecule has 0 radical (unpaired) electrons. The molecule has 0 spiro atoms. The number of hydrogen-bond donors (Lipinski definition) is 0. The lowest BCUT2D eigenvalue weighted by Crippen LogP contribution is -2.38. The summed E-state index contributed by atoms with van der Waals surface area (Å²) < 4.78 is 44.3. The van der Waals surface area contributed by atoms with Crippen molar-refractivity contribution in [3.8, 4) is 6.07 Å². The normalized spacial score (nSPS) is 11.4. The molecule has 0 aliphatic heterocycles. The highest BCUT2D eigenvalue weighted by Gasteiger charge is 2.34. The molecule has 3 aromatic rings.